The summed E-state index contributed by atoms with van der Waals surface area (Å²) in [7, 11) is 0. The largest absolute Gasteiger partial charge is 0.457 e. The number of benzene rings is 2. The molecule has 1 heterocycles. The quantitative estimate of drug-likeness (QED) is 0.211. The number of aliphatic imine (C=N–C) groups is 1. The van der Waals surface area contributed by atoms with Gasteiger partial charge in [0.2, 0.25) is 0 Å². The van der Waals surface area contributed by atoms with Crippen LogP contribution in [0.5, 0.6) is 11.5 Å². The molecule has 3 N–H and O–H groups in total. The molecule has 160 valence electrons. The number of nitrogens with two attached hydrogens (primary N) is 1. The lowest BCUT2D eigenvalue weighted by Gasteiger charge is -2.10. The first kappa shape index (κ1) is 22.1. The molecule has 10 heteroatoms. The number of hydrazone groups is 1. The van der Waals surface area contributed by atoms with Gasteiger partial charge in [-0.25, -0.2) is 4.98 Å². The van der Waals surface area contributed by atoms with Crippen LogP contribution in [0, 0.1) is 0 Å². The summed E-state index contributed by atoms with van der Waals surface area (Å²) in [6.45, 7) is 0.0346. The minimum absolute atomic E-state index is 0.0346. The van der Waals surface area contributed by atoms with E-state index in [2.05, 4.69) is 20.4 Å². The molecule has 0 fully saturated rings. The topological polar surface area (TPSA) is 84.9 Å². The zero-order valence-electron chi connectivity index (χ0n) is 16.0. The van der Waals surface area contributed by atoms with Crippen LogP contribution in [0.4, 0.5) is 24.5 Å². The Labute approximate surface area is 181 Å². The molecule has 3 rings (SSSR count). The van der Waals surface area contributed by atoms with Crippen molar-refractivity contribution in [2.45, 2.75) is 6.18 Å². The Morgan fingerprint density at radius 2 is 1.74 bits per heavy atom. The van der Waals surface area contributed by atoms with Gasteiger partial charge in [0.15, 0.2) is 0 Å². The number of anilines is 1. The fourth-order valence-corrected chi connectivity index (χ4v) is 2.64. The number of nitrogens with zero attached hydrogens (tertiary/aromatic N) is 3. The van der Waals surface area contributed by atoms with Crippen LogP contribution in [-0.4, -0.2) is 23.5 Å². The summed E-state index contributed by atoms with van der Waals surface area (Å²) in [4.78, 5) is 7.53. The highest BCUT2D eigenvalue weighted by atomic mass is 35.5. The molecule has 0 bridgehead atoms. The Balaban J connectivity index is 1.60. The Morgan fingerprint density at radius 3 is 2.39 bits per heavy atom. The molecule has 0 spiro atoms. The van der Waals surface area contributed by atoms with Crippen LogP contribution >= 0.6 is 11.6 Å². The van der Waals surface area contributed by atoms with E-state index in [-0.39, 0.29) is 17.4 Å². The van der Waals surface area contributed by atoms with E-state index >= 15 is 0 Å². The van der Waals surface area contributed by atoms with Crippen LogP contribution in [0.2, 0.25) is 5.15 Å². The maximum absolute atomic E-state index is 12.8. The van der Waals surface area contributed by atoms with Crippen LogP contribution in [0.3, 0.4) is 0 Å². The fourth-order valence-electron chi connectivity index (χ4n) is 2.44. The number of nitrogens with one attached hydrogen (secondary N) is 1. The summed E-state index contributed by atoms with van der Waals surface area (Å²) in [6.07, 6.45) is -3.20. The van der Waals surface area contributed by atoms with E-state index in [9.17, 15) is 13.2 Å². The van der Waals surface area contributed by atoms with Crippen molar-refractivity contribution in [2.24, 2.45) is 15.9 Å². The van der Waals surface area contributed by atoms with Gasteiger partial charge in [0.1, 0.15) is 22.3 Å². The lowest BCUT2D eigenvalue weighted by atomic mass is 10.3. The highest BCUT2D eigenvalue weighted by molar-refractivity contribution is 6.32. The van der Waals surface area contributed by atoms with E-state index in [0.717, 1.165) is 6.07 Å². The summed E-state index contributed by atoms with van der Waals surface area (Å²) in [5.74, 6) is 6.72. The van der Waals surface area contributed by atoms with Gasteiger partial charge in [0.25, 0.3) is 0 Å². The molecule has 6 nitrogen and oxygen atoms in total. The number of aromatic nitrogens is 1. The number of ether oxygens (including phenoxy) is 1. The zero-order valence-corrected chi connectivity index (χ0v) is 16.7. The summed E-state index contributed by atoms with van der Waals surface area (Å²) < 4.78 is 44.3. The van der Waals surface area contributed by atoms with E-state index in [1.54, 1.807) is 24.3 Å². The van der Waals surface area contributed by atoms with Crippen LogP contribution in [0.25, 0.3) is 0 Å². The van der Waals surface area contributed by atoms with E-state index in [0.29, 0.717) is 22.9 Å². The van der Waals surface area contributed by atoms with Gasteiger partial charge in [-0.1, -0.05) is 29.8 Å². The first-order chi connectivity index (χ1) is 14.8. The molecule has 0 radical (unpaired) electrons. The second-order valence-corrected chi connectivity index (χ2v) is 6.59. The van der Waals surface area contributed by atoms with Gasteiger partial charge in [0, 0.05) is 5.69 Å². The van der Waals surface area contributed by atoms with Crippen LogP contribution in [-0.2, 0) is 6.18 Å². The van der Waals surface area contributed by atoms with Gasteiger partial charge < -0.3 is 15.9 Å². The Morgan fingerprint density at radius 1 is 1.06 bits per heavy atom. The Kier molecular flexibility index (Phi) is 7.09. The summed E-state index contributed by atoms with van der Waals surface area (Å²) in [6, 6.07) is 18.5. The summed E-state index contributed by atoms with van der Waals surface area (Å²) in [5, 5.41) is 6.09. The molecule has 0 saturated heterocycles. The first-order valence-corrected chi connectivity index (χ1v) is 9.34. The second-order valence-electron chi connectivity index (χ2n) is 6.20. The maximum Gasteiger partial charge on any atom is 0.433 e. The molecule has 2 aromatic carbocycles. The molecule has 0 unspecified atom stereocenters. The van der Waals surface area contributed by atoms with Gasteiger partial charge in [-0.3, -0.25) is 4.99 Å². The van der Waals surface area contributed by atoms with Gasteiger partial charge >= 0.3 is 6.18 Å². The van der Waals surface area contributed by atoms with Crippen molar-refractivity contribution in [1.82, 2.24) is 4.98 Å². The van der Waals surface area contributed by atoms with Gasteiger partial charge in [-0.05, 0) is 48.5 Å². The Hall–Kier alpha value is -3.59. The van der Waals surface area contributed by atoms with Crippen molar-refractivity contribution in [3.8, 4) is 11.5 Å². The predicted molar refractivity (Wildman–Crippen MR) is 115 cm³/mol. The molecular formula is C21H17ClF3N5O. The summed E-state index contributed by atoms with van der Waals surface area (Å²) >= 11 is 5.67. The van der Waals surface area contributed by atoms with E-state index in [1.165, 1.54) is 12.3 Å². The molecule has 0 aliphatic carbocycles. The predicted octanol–water partition coefficient (Wildman–Crippen LogP) is 5.68. The molecule has 0 saturated carbocycles. The standard InChI is InChI=1S/C21H17ClF3N5O/c22-20-11-15(10-19(29-20)21(23,24)25)28-13-16(30-26)12-27-14-6-8-18(9-7-14)31-17-4-2-1-3-5-17/h1-12H,13,26H2,(H,28,29)/b27-12?,30-16+. The zero-order chi connectivity index (χ0) is 22.3. The van der Waals surface area contributed by atoms with Gasteiger partial charge in [-0.15, -0.1) is 0 Å². The minimum Gasteiger partial charge on any atom is -0.457 e. The van der Waals surface area contributed by atoms with Crippen molar-refractivity contribution in [1.29, 1.82) is 0 Å². The third kappa shape index (κ3) is 6.71. The normalized spacial score (nSPS) is 12.2. The third-order valence-electron chi connectivity index (χ3n) is 3.90. The molecule has 0 aliphatic rings. The van der Waals surface area contributed by atoms with Gasteiger partial charge in [-0.2, -0.15) is 18.3 Å². The first-order valence-electron chi connectivity index (χ1n) is 8.96. The smallest absolute Gasteiger partial charge is 0.433 e. The van der Waals surface area contributed by atoms with E-state index in [4.69, 9.17) is 22.2 Å². The third-order valence-corrected chi connectivity index (χ3v) is 4.10. The SMILES string of the molecule is N/N=C(\C=Nc1ccc(Oc2ccccc2)cc1)CNc1cc(Cl)nc(C(F)(F)F)c1. The monoisotopic (exact) mass is 447 g/mol. The number of alkyl halides is 3. The van der Waals surface area contributed by atoms with Crippen molar-refractivity contribution in [3.05, 3.63) is 77.6 Å². The molecular weight excluding hydrogens is 431 g/mol. The van der Waals surface area contributed by atoms with Crippen LogP contribution in [0.1, 0.15) is 5.69 Å². The maximum atomic E-state index is 12.8. The minimum atomic E-state index is -4.61. The fraction of sp³-hybridized carbons (Fsp3) is 0.0952. The number of halogens is 4. The van der Waals surface area contributed by atoms with Crippen molar-refractivity contribution in [3.63, 3.8) is 0 Å². The second kappa shape index (κ2) is 9.94. The summed E-state index contributed by atoms with van der Waals surface area (Å²) in [5.41, 5.74) is -0.0384. The lowest BCUT2D eigenvalue weighted by Crippen LogP contribution is -2.18. The average Bonchev–Trinajstić information content (AvgIpc) is 2.75. The van der Waals surface area contributed by atoms with Crippen LogP contribution in [0.15, 0.2) is 76.8 Å². The van der Waals surface area contributed by atoms with Crippen molar-refractivity contribution >= 4 is 34.9 Å². The number of hydrogen-bond donors (Lipinski definition) is 2. The van der Waals surface area contributed by atoms with Crippen molar-refractivity contribution in [2.75, 3.05) is 11.9 Å². The Bertz CT molecular complexity index is 1070. The molecule has 31 heavy (non-hydrogen) atoms. The van der Waals surface area contributed by atoms with Crippen LogP contribution < -0.4 is 15.9 Å². The van der Waals surface area contributed by atoms with E-state index < -0.39 is 11.9 Å². The molecule has 3 aromatic rings. The number of pyridine rings is 1. The van der Waals surface area contributed by atoms with Crippen molar-refractivity contribution < 1.29 is 17.9 Å². The average molecular weight is 448 g/mol. The number of para-hydroxylation sites is 1. The highest BCUT2D eigenvalue weighted by Gasteiger charge is 2.33. The van der Waals surface area contributed by atoms with Gasteiger partial charge in [0.05, 0.1) is 24.2 Å². The molecule has 1 aromatic heterocycles. The number of rotatable bonds is 7. The highest BCUT2D eigenvalue weighted by Crippen LogP contribution is 2.30. The molecule has 0 atom stereocenters. The molecule has 0 aliphatic heterocycles. The number of hydrogen-bond acceptors (Lipinski definition) is 6. The lowest BCUT2D eigenvalue weighted by molar-refractivity contribution is -0.141. The molecule has 0 amide bonds. The van der Waals surface area contributed by atoms with E-state index in [1.807, 2.05) is 30.3 Å².